The summed E-state index contributed by atoms with van der Waals surface area (Å²) in [5.41, 5.74) is 1.60. The molecule has 1 aromatic heterocycles. The van der Waals surface area contributed by atoms with Gasteiger partial charge >= 0.3 is 0 Å². The average Bonchev–Trinajstić information content (AvgIpc) is 2.94. The summed E-state index contributed by atoms with van der Waals surface area (Å²) < 4.78 is 5.16. The number of carbonyl (C=O) groups excluding carboxylic acids is 1. The fraction of sp³-hybridized carbons (Fsp3) is 0.286. The predicted molar refractivity (Wildman–Crippen MR) is 81.8 cm³/mol. The first-order valence-electron chi connectivity index (χ1n) is 6.04. The molecule has 0 saturated heterocycles. The largest absolute Gasteiger partial charge is 0.497 e. The maximum Gasteiger partial charge on any atom is 0.233 e. The number of nitrogens with zero attached hydrogens (tertiary/aromatic N) is 2. The number of hydrogen-bond donors (Lipinski definition) is 0. The lowest BCUT2D eigenvalue weighted by Gasteiger charge is -2.17. The maximum absolute atomic E-state index is 12.2. The predicted octanol–water partition coefficient (Wildman–Crippen LogP) is 3.10. The second kappa shape index (κ2) is 6.72. The van der Waals surface area contributed by atoms with Crippen molar-refractivity contribution in [3.05, 3.63) is 40.3 Å². The van der Waals surface area contributed by atoms with E-state index >= 15 is 0 Å². The van der Waals surface area contributed by atoms with E-state index in [4.69, 9.17) is 16.3 Å². The molecule has 0 radical (unpaired) electrons. The van der Waals surface area contributed by atoms with E-state index in [2.05, 4.69) is 4.98 Å². The number of amides is 1. The lowest BCUT2D eigenvalue weighted by atomic mass is 10.2. The van der Waals surface area contributed by atoms with E-state index in [1.807, 2.05) is 29.6 Å². The summed E-state index contributed by atoms with van der Waals surface area (Å²) in [6.07, 6.45) is 0.273. The first-order valence-corrected chi connectivity index (χ1v) is 7.45. The molecule has 0 saturated carbocycles. The van der Waals surface area contributed by atoms with E-state index in [-0.39, 0.29) is 12.3 Å². The van der Waals surface area contributed by atoms with Crippen LogP contribution in [0.4, 0.5) is 5.69 Å². The van der Waals surface area contributed by atoms with Crippen LogP contribution in [0, 0.1) is 0 Å². The van der Waals surface area contributed by atoms with Gasteiger partial charge in [0.15, 0.2) is 0 Å². The molecule has 0 aliphatic carbocycles. The fourth-order valence-corrected chi connectivity index (χ4v) is 2.72. The van der Waals surface area contributed by atoms with E-state index in [1.165, 1.54) is 11.3 Å². The smallest absolute Gasteiger partial charge is 0.233 e. The summed E-state index contributed by atoms with van der Waals surface area (Å²) in [5.74, 6) is 1.07. The van der Waals surface area contributed by atoms with Gasteiger partial charge in [0.25, 0.3) is 0 Å². The Balaban J connectivity index is 2.07. The van der Waals surface area contributed by atoms with Crippen molar-refractivity contribution in [3.63, 3.8) is 0 Å². The lowest BCUT2D eigenvalue weighted by molar-refractivity contribution is -0.117. The Morgan fingerprint density at radius 1 is 1.50 bits per heavy atom. The summed E-state index contributed by atoms with van der Waals surface area (Å²) >= 11 is 7.16. The van der Waals surface area contributed by atoms with E-state index < -0.39 is 0 Å². The van der Waals surface area contributed by atoms with Crippen molar-refractivity contribution in [1.29, 1.82) is 0 Å². The lowest BCUT2D eigenvalue weighted by Crippen LogP contribution is -2.27. The molecule has 2 rings (SSSR count). The van der Waals surface area contributed by atoms with Gasteiger partial charge in [0, 0.05) is 24.2 Å². The van der Waals surface area contributed by atoms with Crippen LogP contribution in [-0.2, 0) is 17.1 Å². The van der Waals surface area contributed by atoms with Crippen molar-refractivity contribution >= 4 is 34.5 Å². The first kappa shape index (κ1) is 14.8. The Hall–Kier alpha value is -1.59. The van der Waals surface area contributed by atoms with Gasteiger partial charge in [-0.05, 0) is 12.1 Å². The number of carbonyl (C=O) groups is 1. The molecular formula is C14H15ClN2O2S. The minimum atomic E-state index is -0.0197. The van der Waals surface area contributed by atoms with Crippen LogP contribution < -0.4 is 9.64 Å². The zero-order chi connectivity index (χ0) is 14.5. The Kier molecular flexibility index (Phi) is 4.98. The molecule has 1 heterocycles. The zero-order valence-electron chi connectivity index (χ0n) is 11.3. The highest BCUT2D eigenvalue weighted by Crippen LogP contribution is 2.21. The topological polar surface area (TPSA) is 42.4 Å². The summed E-state index contributed by atoms with van der Waals surface area (Å²) in [5, 5.41) is 2.65. The number of halogens is 1. The van der Waals surface area contributed by atoms with Gasteiger partial charge in [-0.25, -0.2) is 4.98 Å². The fourth-order valence-electron chi connectivity index (χ4n) is 1.70. The minimum absolute atomic E-state index is 0.0197. The number of rotatable bonds is 5. The number of hydrogen-bond acceptors (Lipinski definition) is 4. The van der Waals surface area contributed by atoms with Crippen LogP contribution in [0.15, 0.2) is 29.6 Å². The van der Waals surface area contributed by atoms with Gasteiger partial charge in [-0.2, -0.15) is 0 Å². The third kappa shape index (κ3) is 3.49. The molecule has 0 N–H and O–H groups in total. The molecule has 0 unspecified atom stereocenters. The Bertz CT molecular complexity index is 600. The van der Waals surface area contributed by atoms with Crippen molar-refractivity contribution in [2.45, 2.75) is 12.3 Å². The first-order chi connectivity index (χ1) is 9.63. The number of aromatic nitrogens is 1. The van der Waals surface area contributed by atoms with Crippen LogP contribution in [0.1, 0.15) is 10.7 Å². The number of benzene rings is 1. The quantitative estimate of drug-likeness (QED) is 0.797. The molecule has 1 amide bonds. The van der Waals surface area contributed by atoms with Crippen molar-refractivity contribution in [1.82, 2.24) is 4.98 Å². The van der Waals surface area contributed by atoms with Crippen molar-refractivity contribution in [2.75, 3.05) is 19.1 Å². The summed E-state index contributed by atoms with van der Waals surface area (Å²) in [6.45, 7) is 0. The molecule has 0 aliphatic heterocycles. The van der Waals surface area contributed by atoms with Crippen LogP contribution in [-0.4, -0.2) is 25.0 Å². The number of methoxy groups -OCH3 is 1. The monoisotopic (exact) mass is 310 g/mol. The maximum atomic E-state index is 12.2. The number of ether oxygens (including phenoxy) is 1. The number of thiazole rings is 1. The zero-order valence-corrected chi connectivity index (χ0v) is 12.9. The van der Waals surface area contributed by atoms with E-state index in [0.29, 0.717) is 5.88 Å². The molecule has 0 fully saturated rings. The summed E-state index contributed by atoms with van der Waals surface area (Å²) in [4.78, 5) is 18.1. The van der Waals surface area contributed by atoms with Crippen molar-refractivity contribution in [3.8, 4) is 5.75 Å². The Labute approximate surface area is 127 Å². The summed E-state index contributed by atoms with van der Waals surface area (Å²) in [7, 11) is 3.34. The molecule has 0 aliphatic rings. The second-order valence-electron chi connectivity index (χ2n) is 4.20. The highest BCUT2D eigenvalue weighted by molar-refractivity contribution is 7.09. The molecule has 0 spiro atoms. The molecule has 6 heteroatoms. The molecule has 0 atom stereocenters. The van der Waals surface area contributed by atoms with Gasteiger partial charge in [0.1, 0.15) is 10.8 Å². The van der Waals surface area contributed by atoms with Crippen molar-refractivity contribution < 1.29 is 9.53 Å². The number of alkyl halides is 1. The van der Waals surface area contributed by atoms with Crippen LogP contribution in [0.3, 0.4) is 0 Å². The third-order valence-corrected chi connectivity index (χ3v) is 4.02. The Morgan fingerprint density at radius 2 is 2.30 bits per heavy atom. The van der Waals surface area contributed by atoms with Crippen LogP contribution >= 0.6 is 22.9 Å². The molecular weight excluding hydrogens is 296 g/mol. The van der Waals surface area contributed by atoms with Crippen molar-refractivity contribution in [2.24, 2.45) is 0 Å². The third-order valence-electron chi connectivity index (χ3n) is 2.85. The van der Waals surface area contributed by atoms with E-state index in [1.54, 1.807) is 19.1 Å². The van der Waals surface area contributed by atoms with Crippen LogP contribution in [0.25, 0.3) is 0 Å². The standard InChI is InChI=1S/C14H15ClN2O2S/c1-17(11-4-3-5-12(6-11)19-2)14(18)7-13-16-10(8-15)9-20-13/h3-6,9H,7-8H2,1-2H3. The van der Waals surface area contributed by atoms with Gasteiger partial charge in [0.2, 0.25) is 5.91 Å². The molecule has 4 nitrogen and oxygen atoms in total. The number of likely N-dealkylation sites (N-methyl/N-ethyl adjacent to an activating group) is 1. The Morgan fingerprint density at radius 3 is 2.95 bits per heavy atom. The van der Waals surface area contributed by atoms with Gasteiger partial charge in [0.05, 0.1) is 25.1 Å². The average molecular weight is 311 g/mol. The van der Waals surface area contributed by atoms with Crippen LogP contribution in [0.5, 0.6) is 5.75 Å². The molecule has 0 bridgehead atoms. The summed E-state index contributed by atoms with van der Waals surface area (Å²) in [6, 6.07) is 7.39. The van der Waals surface area contributed by atoms with Gasteiger partial charge in [-0.1, -0.05) is 6.07 Å². The van der Waals surface area contributed by atoms with Gasteiger partial charge in [-0.3, -0.25) is 4.79 Å². The highest BCUT2D eigenvalue weighted by atomic mass is 35.5. The molecule has 20 heavy (non-hydrogen) atoms. The molecule has 2 aromatic rings. The van der Waals surface area contributed by atoms with Crippen LogP contribution in [0.2, 0.25) is 0 Å². The normalized spacial score (nSPS) is 10.3. The van der Waals surface area contributed by atoms with Gasteiger partial charge in [-0.15, -0.1) is 22.9 Å². The molecule has 1 aromatic carbocycles. The highest BCUT2D eigenvalue weighted by Gasteiger charge is 2.14. The van der Waals surface area contributed by atoms with E-state index in [0.717, 1.165) is 22.1 Å². The number of anilines is 1. The van der Waals surface area contributed by atoms with Gasteiger partial charge < -0.3 is 9.64 Å². The molecule has 106 valence electrons. The minimum Gasteiger partial charge on any atom is -0.497 e. The SMILES string of the molecule is COc1cccc(N(C)C(=O)Cc2nc(CCl)cs2)c1. The van der Waals surface area contributed by atoms with E-state index in [9.17, 15) is 4.79 Å². The second-order valence-corrected chi connectivity index (χ2v) is 5.41.